The summed E-state index contributed by atoms with van der Waals surface area (Å²) in [5.41, 5.74) is 4.62. The van der Waals surface area contributed by atoms with Gasteiger partial charge in [0.2, 0.25) is 0 Å². The van der Waals surface area contributed by atoms with Crippen molar-refractivity contribution in [2.24, 2.45) is 5.92 Å². The summed E-state index contributed by atoms with van der Waals surface area (Å²) < 4.78 is 86.5. The molecule has 18 heteroatoms. The molecule has 0 aliphatic carbocycles. The third kappa shape index (κ3) is 6.14. The summed E-state index contributed by atoms with van der Waals surface area (Å²) in [6.07, 6.45) is -3.81. The minimum atomic E-state index is -4.86. The van der Waals surface area contributed by atoms with Crippen LogP contribution in [0, 0.1) is 11.7 Å². The van der Waals surface area contributed by atoms with Crippen molar-refractivity contribution in [1.29, 1.82) is 0 Å². The van der Waals surface area contributed by atoms with E-state index in [0.29, 0.717) is 74.3 Å². The van der Waals surface area contributed by atoms with Crippen LogP contribution >= 0.6 is 11.6 Å². The monoisotopic (exact) mass is 777 g/mol. The first-order chi connectivity index (χ1) is 25.9. The minimum absolute atomic E-state index is 0.0232. The Hall–Kier alpha value is -3.80. The number of hydrogen-bond acceptors (Lipinski definition) is 10. The van der Waals surface area contributed by atoms with Crippen LogP contribution in [0.5, 0.6) is 6.01 Å². The lowest BCUT2D eigenvalue weighted by Crippen LogP contribution is -2.43. The van der Waals surface area contributed by atoms with Crippen molar-refractivity contribution in [2.75, 3.05) is 56.5 Å². The zero-order valence-corrected chi connectivity index (χ0v) is 30.2. The lowest BCUT2D eigenvalue weighted by Gasteiger charge is -2.33. The molecule has 12 nitrogen and oxygen atoms in total. The van der Waals surface area contributed by atoms with E-state index in [-0.39, 0.29) is 54.9 Å². The molecule has 0 bridgehead atoms. The van der Waals surface area contributed by atoms with Gasteiger partial charge >= 0.3 is 12.2 Å². The fraction of sp³-hybridized carbons (Fsp3) is 0.611. The number of aryl methyl sites for hydroxylation is 1. The maximum absolute atomic E-state index is 15.4. The predicted molar refractivity (Wildman–Crippen MR) is 186 cm³/mol. The van der Waals surface area contributed by atoms with E-state index in [4.69, 9.17) is 31.8 Å². The summed E-state index contributed by atoms with van der Waals surface area (Å²) in [7, 11) is 0. The molecule has 290 valence electrons. The molecule has 9 rings (SSSR count). The molecule has 54 heavy (non-hydrogen) atoms. The minimum Gasteiger partial charge on any atom is -0.461 e. The SMILES string of the molecule is Nc1ccc(C(F)(F)F)c([C@@H]2Cc3nc(OC[C@@]45CCCN4C[C@H](F)C5)nc(N4CCCn5nc(C(=O)N6CC7CCNC7C6)c(Cl)c5C4)c3CO2)c1F. The van der Waals surface area contributed by atoms with Gasteiger partial charge < -0.3 is 30.3 Å². The average Bonchev–Trinajstić information content (AvgIpc) is 3.93. The van der Waals surface area contributed by atoms with Crippen molar-refractivity contribution in [3.8, 4) is 6.01 Å². The summed E-state index contributed by atoms with van der Waals surface area (Å²) in [6.45, 7) is 4.37. The zero-order chi connectivity index (χ0) is 37.5. The number of fused-ring (bicyclic) bond motifs is 4. The highest BCUT2D eigenvalue weighted by Gasteiger charge is 2.50. The van der Waals surface area contributed by atoms with E-state index in [2.05, 4.69) is 20.3 Å². The van der Waals surface area contributed by atoms with Crippen molar-refractivity contribution >= 4 is 29.0 Å². The molecule has 2 unspecified atom stereocenters. The highest BCUT2D eigenvalue weighted by atomic mass is 35.5. The van der Waals surface area contributed by atoms with E-state index in [1.165, 1.54) is 0 Å². The number of ether oxygens (including phenoxy) is 2. The molecule has 1 amide bonds. The van der Waals surface area contributed by atoms with Crippen LogP contribution in [0.2, 0.25) is 5.02 Å². The number of anilines is 2. The second-order valence-electron chi connectivity index (χ2n) is 15.5. The molecule has 0 radical (unpaired) electrons. The van der Waals surface area contributed by atoms with Crippen molar-refractivity contribution in [1.82, 2.24) is 34.9 Å². The number of nitrogens with two attached hydrogens (primary N) is 1. The molecule has 5 atom stereocenters. The molecule has 0 saturated carbocycles. The van der Waals surface area contributed by atoms with Crippen molar-refractivity contribution in [3.05, 3.63) is 56.7 Å². The Bertz CT molecular complexity index is 1970. The van der Waals surface area contributed by atoms with Gasteiger partial charge in [-0.1, -0.05) is 11.6 Å². The third-order valence-electron chi connectivity index (χ3n) is 12.2. The fourth-order valence-corrected chi connectivity index (χ4v) is 9.80. The van der Waals surface area contributed by atoms with Gasteiger partial charge in [-0.15, -0.1) is 0 Å². The first-order valence-corrected chi connectivity index (χ1v) is 19.0. The predicted octanol–water partition coefficient (Wildman–Crippen LogP) is 4.68. The van der Waals surface area contributed by atoms with Crippen LogP contribution in [-0.2, 0) is 37.0 Å². The molecule has 6 aliphatic heterocycles. The van der Waals surface area contributed by atoms with Crippen LogP contribution in [0.25, 0.3) is 0 Å². The van der Waals surface area contributed by atoms with Gasteiger partial charge in [0.1, 0.15) is 18.6 Å². The van der Waals surface area contributed by atoms with Gasteiger partial charge in [-0.25, -0.2) is 8.78 Å². The molecule has 4 saturated heterocycles. The number of benzene rings is 1. The van der Waals surface area contributed by atoms with Crippen LogP contribution < -0.4 is 20.7 Å². The summed E-state index contributed by atoms with van der Waals surface area (Å²) >= 11 is 6.96. The van der Waals surface area contributed by atoms with Crippen molar-refractivity contribution < 1.29 is 36.2 Å². The number of nitrogens with one attached hydrogen (secondary N) is 1. The number of aromatic nitrogens is 4. The molecular weight excluding hydrogens is 737 g/mol. The number of carbonyl (C=O) groups is 1. The lowest BCUT2D eigenvalue weighted by atomic mass is 9.94. The Morgan fingerprint density at radius 3 is 2.81 bits per heavy atom. The number of rotatable bonds is 6. The lowest BCUT2D eigenvalue weighted by molar-refractivity contribution is -0.140. The fourth-order valence-electron chi connectivity index (χ4n) is 9.53. The van der Waals surface area contributed by atoms with Crippen LogP contribution in [0.15, 0.2) is 12.1 Å². The molecule has 0 spiro atoms. The number of carbonyl (C=O) groups excluding carboxylic acids is 1. The Morgan fingerprint density at radius 1 is 1.15 bits per heavy atom. The van der Waals surface area contributed by atoms with Gasteiger partial charge in [0.15, 0.2) is 11.5 Å². The van der Waals surface area contributed by atoms with Crippen molar-refractivity contribution in [2.45, 2.75) is 88.3 Å². The van der Waals surface area contributed by atoms with Gasteiger partial charge in [0.25, 0.3) is 5.91 Å². The number of alkyl halides is 4. The summed E-state index contributed by atoms with van der Waals surface area (Å²) in [5, 5.41) is 8.39. The number of nitrogens with zero attached hydrogens (tertiary/aromatic N) is 7. The highest BCUT2D eigenvalue weighted by Crippen LogP contribution is 2.44. The van der Waals surface area contributed by atoms with Gasteiger partial charge in [0, 0.05) is 62.7 Å². The van der Waals surface area contributed by atoms with Gasteiger partial charge in [-0.3, -0.25) is 14.4 Å². The van der Waals surface area contributed by atoms with E-state index in [1.807, 2.05) is 4.90 Å². The normalized spacial score (nSPS) is 28.2. The standard InChI is InChI=1S/C36H41ClF5N9O3/c37-29-26-16-48(8-2-10-51(26)47-31(29)33(52)49-13-19-5-7-44-25(19)15-49)32-21-17-53-27(28-22(36(40,41)42)3-4-23(43)30(28)39)11-24(21)45-34(46-32)54-18-35-6-1-9-50(35)14-20(38)12-35/h3-4,19-20,25,27,44H,1-2,5-18,43H2/t19?,20-,25?,27+,35+/m1/s1. The Labute approximate surface area is 313 Å². The highest BCUT2D eigenvalue weighted by molar-refractivity contribution is 6.34. The number of hydrogen-bond donors (Lipinski definition) is 2. The first kappa shape index (κ1) is 35.9. The van der Waals surface area contributed by atoms with E-state index in [0.717, 1.165) is 44.5 Å². The van der Waals surface area contributed by atoms with Crippen LogP contribution in [-0.4, -0.2) is 99.1 Å². The Kier molecular flexibility index (Phi) is 8.93. The first-order valence-electron chi connectivity index (χ1n) is 18.6. The maximum atomic E-state index is 15.4. The number of likely N-dealkylation sites (tertiary alicyclic amines) is 1. The van der Waals surface area contributed by atoms with Gasteiger partial charge in [-0.2, -0.15) is 28.2 Å². The van der Waals surface area contributed by atoms with E-state index >= 15 is 4.39 Å². The number of nitrogen functional groups attached to an aromatic ring is 1. The van der Waals surface area contributed by atoms with Crippen LogP contribution in [0.4, 0.5) is 33.5 Å². The molecular formula is C36H41ClF5N9O3. The maximum Gasteiger partial charge on any atom is 0.416 e. The largest absolute Gasteiger partial charge is 0.461 e. The molecule has 8 heterocycles. The summed E-state index contributed by atoms with van der Waals surface area (Å²) in [4.78, 5) is 29.1. The Balaban J connectivity index is 1.05. The van der Waals surface area contributed by atoms with Crippen molar-refractivity contribution in [3.63, 3.8) is 0 Å². The second-order valence-corrected chi connectivity index (χ2v) is 15.9. The van der Waals surface area contributed by atoms with E-state index < -0.39 is 46.6 Å². The quantitative estimate of drug-likeness (QED) is 0.269. The molecule has 3 aromatic rings. The van der Waals surface area contributed by atoms with E-state index in [9.17, 15) is 22.4 Å². The zero-order valence-electron chi connectivity index (χ0n) is 29.5. The Morgan fingerprint density at radius 2 is 2.00 bits per heavy atom. The average molecular weight is 778 g/mol. The second kappa shape index (κ2) is 13.4. The smallest absolute Gasteiger partial charge is 0.416 e. The van der Waals surface area contributed by atoms with Gasteiger partial charge in [-0.05, 0) is 56.8 Å². The van der Waals surface area contributed by atoms with E-state index in [1.54, 1.807) is 9.58 Å². The number of halogens is 6. The molecule has 6 aliphatic rings. The van der Waals surface area contributed by atoms with Crippen LogP contribution in [0.1, 0.15) is 76.8 Å². The van der Waals surface area contributed by atoms with Crippen LogP contribution in [0.3, 0.4) is 0 Å². The summed E-state index contributed by atoms with van der Waals surface area (Å²) in [6, 6.07) is 1.90. The molecule has 3 N–H and O–H groups in total. The molecule has 2 aromatic heterocycles. The van der Waals surface area contributed by atoms with Gasteiger partial charge in [0.05, 0.1) is 52.5 Å². The number of amides is 1. The summed E-state index contributed by atoms with van der Waals surface area (Å²) in [5.74, 6) is -0.580. The molecule has 1 aromatic carbocycles. The third-order valence-corrected chi connectivity index (χ3v) is 12.6. The molecule has 4 fully saturated rings. The topological polar surface area (TPSA) is 127 Å².